The lowest BCUT2D eigenvalue weighted by Gasteiger charge is -2.10. The molecule has 3 nitrogen and oxygen atoms in total. The first kappa shape index (κ1) is 11.7. The number of carbonyl (C=O) groups excluding carboxylic acids is 1. The average molecular weight is 211 g/mol. The third kappa shape index (κ3) is 3.02. The molecule has 0 aliphatic heterocycles. The van der Waals surface area contributed by atoms with Gasteiger partial charge in [-0.15, -0.1) is 0 Å². The topological polar surface area (TPSA) is 52.3 Å². The molecule has 0 heterocycles. The molecule has 0 amide bonds. The highest BCUT2D eigenvalue weighted by molar-refractivity contribution is 5.97. The first-order valence-electron chi connectivity index (χ1n) is 4.74. The van der Waals surface area contributed by atoms with Gasteiger partial charge in [-0.3, -0.25) is 4.79 Å². The smallest absolute Gasteiger partial charge is 0.176 e. The molecule has 82 valence electrons. The summed E-state index contributed by atoms with van der Waals surface area (Å²) in [4.78, 5) is 11.2. The van der Waals surface area contributed by atoms with E-state index in [1.54, 1.807) is 13.8 Å². The minimum absolute atomic E-state index is 0.101. The molecule has 0 bridgehead atoms. The number of ketones is 1. The molecule has 1 aromatic carbocycles. The van der Waals surface area contributed by atoms with Crippen molar-refractivity contribution >= 4 is 5.78 Å². The van der Waals surface area contributed by atoms with Crippen LogP contribution in [0, 0.1) is 5.82 Å². The Morgan fingerprint density at radius 2 is 2.20 bits per heavy atom. The summed E-state index contributed by atoms with van der Waals surface area (Å²) < 4.78 is 18.6. The zero-order chi connectivity index (χ0) is 11.4. The van der Waals surface area contributed by atoms with Crippen molar-refractivity contribution in [2.45, 2.75) is 20.0 Å². The summed E-state index contributed by atoms with van der Waals surface area (Å²) in [6.07, 6.45) is -0.101. The summed E-state index contributed by atoms with van der Waals surface area (Å²) in [7, 11) is 0. The monoisotopic (exact) mass is 211 g/mol. The fourth-order valence-corrected chi connectivity index (χ4v) is 1.14. The highest BCUT2D eigenvalue weighted by Gasteiger charge is 2.09. The molecule has 0 saturated heterocycles. The van der Waals surface area contributed by atoms with Crippen LogP contribution in [0.5, 0.6) is 5.75 Å². The molecule has 0 aliphatic rings. The maximum Gasteiger partial charge on any atom is 0.176 e. The summed E-state index contributed by atoms with van der Waals surface area (Å²) >= 11 is 0. The molecule has 0 spiro atoms. The molecule has 1 aromatic rings. The molecule has 0 aromatic heterocycles. The average Bonchev–Trinajstić information content (AvgIpc) is 2.19. The Bertz CT molecular complexity index is 364. The number of benzene rings is 1. The molecule has 15 heavy (non-hydrogen) atoms. The molecular weight excluding hydrogens is 197 g/mol. The number of Topliss-reactive ketones (excluding diaryl/α,β-unsaturated/α-hetero) is 1. The molecule has 0 fully saturated rings. The van der Waals surface area contributed by atoms with E-state index in [4.69, 9.17) is 10.5 Å². The van der Waals surface area contributed by atoms with Crippen LogP contribution < -0.4 is 10.5 Å². The Morgan fingerprint density at radius 3 is 2.67 bits per heavy atom. The van der Waals surface area contributed by atoms with Crippen molar-refractivity contribution < 1.29 is 13.9 Å². The second kappa shape index (κ2) is 4.89. The SMILES string of the molecule is CC(C)Oc1ccc(C(=O)CN)cc1F. The second-order valence-electron chi connectivity index (χ2n) is 3.44. The largest absolute Gasteiger partial charge is 0.488 e. The predicted molar refractivity (Wildman–Crippen MR) is 55.5 cm³/mol. The van der Waals surface area contributed by atoms with Crippen molar-refractivity contribution in [3.05, 3.63) is 29.6 Å². The van der Waals surface area contributed by atoms with Gasteiger partial charge >= 0.3 is 0 Å². The molecule has 1 rings (SSSR count). The normalized spacial score (nSPS) is 10.5. The number of nitrogens with two attached hydrogens (primary N) is 1. The molecule has 2 N–H and O–H groups in total. The molecule has 0 atom stereocenters. The van der Waals surface area contributed by atoms with E-state index in [0.29, 0.717) is 0 Å². The van der Waals surface area contributed by atoms with E-state index in [1.165, 1.54) is 12.1 Å². The lowest BCUT2D eigenvalue weighted by molar-refractivity contribution is 0.100. The van der Waals surface area contributed by atoms with Gasteiger partial charge in [-0.05, 0) is 32.0 Å². The van der Waals surface area contributed by atoms with Crippen molar-refractivity contribution in [3.8, 4) is 5.75 Å². The Labute approximate surface area is 88.0 Å². The van der Waals surface area contributed by atoms with Crippen molar-refractivity contribution in [2.75, 3.05) is 6.54 Å². The van der Waals surface area contributed by atoms with Gasteiger partial charge in [0.2, 0.25) is 0 Å². The molecule has 0 radical (unpaired) electrons. The van der Waals surface area contributed by atoms with E-state index in [0.717, 1.165) is 6.07 Å². The van der Waals surface area contributed by atoms with Gasteiger partial charge in [0, 0.05) is 5.56 Å². The number of hydrogen-bond donors (Lipinski definition) is 1. The third-order valence-corrected chi connectivity index (χ3v) is 1.80. The lowest BCUT2D eigenvalue weighted by Crippen LogP contribution is -2.14. The highest BCUT2D eigenvalue weighted by atomic mass is 19.1. The second-order valence-corrected chi connectivity index (χ2v) is 3.44. The number of ether oxygens (including phenoxy) is 1. The quantitative estimate of drug-likeness (QED) is 0.772. The van der Waals surface area contributed by atoms with Gasteiger partial charge in [-0.1, -0.05) is 0 Å². The van der Waals surface area contributed by atoms with Crippen molar-refractivity contribution in [1.29, 1.82) is 0 Å². The van der Waals surface area contributed by atoms with Crippen molar-refractivity contribution in [2.24, 2.45) is 5.73 Å². The van der Waals surface area contributed by atoms with Crippen LogP contribution >= 0.6 is 0 Å². The van der Waals surface area contributed by atoms with Crippen molar-refractivity contribution in [3.63, 3.8) is 0 Å². The van der Waals surface area contributed by atoms with Crippen LogP contribution in [0.4, 0.5) is 4.39 Å². The lowest BCUT2D eigenvalue weighted by atomic mass is 10.1. The van der Waals surface area contributed by atoms with E-state index in [1.807, 2.05) is 0 Å². The van der Waals surface area contributed by atoms with Crippen molar-refractivity contribution in [1.82, 2.24) is 0 Å². The molecule has 0 aliphatic carbocycles. The van der Waals surface area contributed by atoms with Crippen LogP contribution in [-0.2, 0) is 0 Å². The van der Waals surface area contributed by atoms with E-state index in [9.17, 15) is 9.18 Å². The van der Waals surface area contributed by atoms with Gasteiger partial charge in [0.1, 0.15) is 0 Å². The third-order valence-electron chi connectivity index (χ3n) is 1.80. The van der Waals surface area contributed by atoms with Crippen LogP contribution in [0.25, 0.3) is 0 Å². The summed E-state index contributed by atoms with van der Waals surface area (Å²) in [6.45, 7) is 3.49. The Morgan fingerprint density at radius 1 is 1.53 bits per heavy atom. The summed E-state index contributed by atoms with van der Waals surface area (Å²) in [5, 5.41) is 0. The number of hydrogen-bond acceptors (Lipinski definition) is 3. The maximum atomic E-state index is 13.4. The number of halogens is 1. The predicted octanol–water partition coefficient (Wildman–Crippen LogP) is 1.75. The number of carbonyl (C=O) groups is 1. The van der Waals surface area contributed by atoms with Gasteiger partial charge in [0.25, 0.3) is 0 Å². The van der Waals surface area contributed by atoms with Crippen LogP contribution in [0.1, 0.15) is 24.2 Å². The Kier molecular flexibility index (Phi) is 3.80. The van der Waals surface area contributed by atoms with E-state index in [-0.39, 0.29) is 29.7 Å². The zero-order valence-electron chi connectivity index (χ0n) is 8.79. The van der Waals surface area contributed by atoms with Gasteiger partial charge in [-0.25, -0.2) is 4.39 Å². The molecule has 4 heteroatoms. The van der Waals surface area contributed by atoms with Gasteiger partial charge < -0.3 is 10.5 Å². The minimum atomic E-state index is -0.539. The molecule has 0 saturated carbocycles. The van der Waals surface area contributed by atoms with E-state index >= 15 is 0 Å². The number of rotatable bonds is 4. The van der Waals surface area contributed by atoms with Gasteiger partial charge in [0.15, 0.2) is 17.3 Å². The summed E-state index contributed by atoms with van der Waals surface area (Å²) in [5.41, 5.74) is 5.44. The fraction of sp³-hybridized carbons (Fsp3) is 0.364. The Hall–Kier alpha value is -1.42. The molecule has 0 unspecified atom stereocenters. The van der Waals surface area contributed by atoms with Crippen LogP contribution in [0.2, 0.25) is 0 Å². The van der Waals surface area contributed by atoms with E-state index in [2.05, 4.69) is 0 Å². The van der Waals surface area contributed by atoms with E-state index < -0.39 is 5.82 Å². The molecular formula is C11H14FNO2. The maximum absolute atomic E-state index is 13.4. The summed E-state index contributed by atoms with van der Waals surface area (Å²) in [5.74, 6) is -0.674. The first-order chi connectivity index (χ1) is 7.04. The van der Waals surface area contributed by atoms with Gasteiger partial charge in [0.05, 0.1) is 12.6 Å². The highest BCUT2D eigenvalue weighted by Crippen LogP contribution is 2.19. The Balaban J connectivity index is 2.93. The van der Waals surface area contributed by atoms with Crippen LogP contribution in [0.3, 0.4) is 0 Å². The first-order valence-corrected chi connectivity index (χ1v) is 4.74. The fourth-order valence-electron chi connectivity index (χ4n) is 1.14. The van der Waals surface area contributed by atoms with Crippen LogP contribution in [0.15, 0.2) is 18.2 Å². The summed E-state index contributed by atoms with van der Waals surface area (Å²) in [6, 6.07) is 4.10. The zero-order valence-corrected chi connectivity index (χ0v) is 8.79. The van der Waals surface area contributed by atoms with Gasteiger partial charge in [-0.2, -0.15) is 0 Å². The minimum Gasteiger partial charge on any atom is -0.488 e. The van der Waals surface area contributed by atoms with Crippen LogP contribution in [-0.4, -0.2) is 18.4 Å². The standard InChI is InChI=1S/C11H14FNO2/c1-7(2)15-11-4-3-8(5-9(11)12)10(14)6-13/h3-5,7H,6,13H2,1-2H3.